The summed E-state index contributed by atoms with van der Waals surface area (Å²) in [4.78, 5) is 11.8. The van der Waals surface area contributed by atoms with Gasteiger partial charge in [0.05, 0.1) is 10.7 Å². The number of thiazole rings is 1. The van der Waals surface area contributed by atoms with Crippen LogP contribution in [0.25, 0.3) is 0 Å². The van der Waals surface area contributed by atoms with Crippen LogP contribution < -0.4 is 10.6 Å². The third-order valence-electron chi connectivity index (χ3n) is 5.15. The second kappa shape index (κ2) is 7.62. The topological polar surface area (TPSA) is 52.6 Å². The van der Waals surface area contributed by atoms with E-state index in [1.54, 1.807) is 11.3 Å². The molecule has 1 aromatic heterocycles. The molecule has 1 aromatic rings. The Morgan fingerprint density at radius 2 is 2.16 bits per heavy atom. The molecule has 1 saturated carbocycles. The minimum absolute atomic E-state index is 0.131. The van der Waals surface area contributed by atoms with Crippen LogP contribution in [-0.2, 0) is 11.8 Å². The molecule has 5 nitrogen and oxygen atoms in total. The van der Waals surface area contributed by atoms with Gasteiger partial charge in [0.2, 0.25) is 0 Å². The summed E-state index contributed by atoms with van der Waals surface area (Å²) in [5.74, 6) is 0.919. The maximum absolute atomic E-state index is 4.77. The van der Waals surface area contributed by atoms with Gasteiger partial charge in [0.15, 0.2) is 5.96 Å². The van der Waals surface area contributed by atoms with Crippen molar-refractivity contribution in [2.45, 2.75) is 76.9 Å². The van der Waals surface area contributed by atoms with Crippen molar-refractivity contribution in [1.82, 2.24) is 20.5 Å². The van der Waals surface area contributed by atoms with E-state index in [0.29, 0.717) is 12.1 Å². The van der Waals surface area contributed by atoms with Crippen molar-refractivity contribution in [2.24, 2.45) is 4.99 Å². The maximum Gasteiger partial charge on any atom is 0.191 e. The third kappa shape index (κ3) is 4.94. The van der Waals surface area contributed by atoms with E-state index in [1.165, 1.54) is 30.0 Å². The monoisotopic (exact) mass is 363 g/mol. The Morgan fingerprint density at radius 3 is 2.76 bits per heavy atom. The van der Waals surface area contributed by atoms with Crippen LogP contribution in [0, 0.1) is 0 Å². The quantitative estimate of drug-likeness (QED) is 0.624. The molecular weight excluding hydrogens is 330 g/mol. The average molecular weight is 364 g/mol. The highest BCUT2D eigenvalue weighted by atomic mass is 32.1. The Bertz CT molecular complexity index is 599. The zero-order valence-corrected chi connectivity index (χ0v) is 17.1. The van der Waals surface area contributed by atoms with Crippen LogP contribution in [0.1, 0.15) is 57.7 Å². The smallest absolute Gasteiger partial charge is 0.191 e. The van der Waals surface area contributed by atoms with E-state index >= 15 is 0 Å². The van der Waals surface area contributed by atoms with Gasteiger partial charge in [0.25, 0.3) is 0 Å². The molecule has 0 spiro atoms. The second-order valence-corrected chi connectivity index (χ2v) is 9.42. The first kappa shape index (κ1) is 18.6. The van der Waals surface area contributed by atoms with E-state index in [1.807, 2.05) is 7.05 Å². The summed E-state index contributed by atoms with van der Waals surface area (Å²) < 4.78 is 0. The Balaban J connectivity index is 1.43. The van der Waals surface area contributed by atoms with E-state index in [2.05, 4.69) is 53.6 Å². The third-order valence-corrected chi connectivity index (χ3v) is 6.06. The van der Waals surface area contributed by atoms with Crippen LogP contribution in [0.3, 0.4) is 0 Å². The van der Waals surface area contributed by atoms with Gasteiger partial charge in [-0.05, 0) is 26.2 Å². The van der Waals surface area contributed by atoms with Gasteiger partial charge >= 0.3 is 0 Å². The summed E-state index contributed by atoms with van der Waals surface area (Å²) in [7, 11) is 1.85. The molecular formula is C19H33N5S. The molecule has 1 aliphatic carbocycles. The highest BCUT2D eigenvalue weighted by Crippen LogP contribution is 2.33. The van der Waals surface area contributed by atoms with Crippen LogP contribution >= 0.6 is 11.3 Å². The molecule has 0 aromatic carbocycles. The summed E-state index contributed by atoms with van der Waals surface area (Å²) >= 11 is 1.76. The fourth-order valence-corrected chi connectivity index (χ4v) is 4.55. The van der Waals surface area contributed by atoms with Crippen molar-refractivity contribution in [1.29, 1.82) is 0 Å². The maximum atomic E-state index is 4.77. The largest absolute Gasteiger partial charge is 0.356 e. The van der Waals surface area contributed by atoms with Gasteiger partial charge in [0.1, 0.15) is 0 Å². The normalized spacial score (nSPS) is 25.4. The highest BCUT2D eigenvalue weighted by Gasteiger charge is 2.38. The van der Waals surface area contributed by atoms with E-state index < -0.39 is 0 Å². The summed E-state index contributed by atoms with van der Waals surface area (Å²) in [5, 5.41) is 10.4. The zero-order valence-electron chi connectivity index (χ0n) is 16.3. The number of rotatable bonds is 5. The van der Waals surface area contributed by atoms with Crippen molar-refractivity contribution in [3.8, 4) is 0 Å². The molecule has 3 rings (SSSR count). The molecule has 1 aliphatic heterocycles. The SMILES string of the molecule is CN=C(NCCc1nc(C(C)(C)C)cs1)NC1CC(C)N(C2CC2)C1. The first-order valence-corrected chi connectivity index (χ1v) is 10.4. The number of nitrogens with one attached hydrogen (secondary N) is 2. The van der Waals surface area contributed by atoms with Crippen LogP contribution in [0.4, 0.5) is 0 Å². The second-order valence-electron chi connectivity index (χ2n) is 8.48. The van der Waals surface area contributed by atoms with Crippen molar-refractivity contribution in [3.63, 3.8) is 0 Å². The van der Waals surface area contributed by atoms with Crippen LogP contribution in [0.15, 0.2) is 10.4 Å². The van der Waals surface area contributed by atoms with Gasteiger partial charge in [-0.15, -0.1) is 11.3 Å². The lowest BCUT2D eigenvalue weighted by Crippen LogP contribution is -2.45. The van der Waals surface area contributed by atoms with E-state index in [9.17, 15) is 0 Å². The Labute approximate surface area is 156 Å². The number of hydrogen-bond donors (Lipinski definition) is 2. The van der Waals surface area contributed by atoms with Crippen molar-refractivity contribution < 1.29 is 0 Å². The zero-order chi connectivity index (χ0) is 18.0. The summed E-state index contributed by atoms with van der Waals surface area (Å²) in [6, 6.07) is 2.04. The van der Waals surface area contributed by atoms with E-state index in [0.717, 1.165) is 31.5 Å². The Hall–Kier alpha value is -1.14. The van der Waals surface area contributed by atoms with Gasteiger partial charge in [-0.25, -0.2) is 4.98 Å². The van der Waals surface area contributed by atoms with Crippen molar-refractivity contribution in [2.75, 3.05) is 20.1 Å². The molecule has 2 aliphatic rings. The summed E-state index contributed by atoms with van der Waals surface area (Å²) in [5.41, 5.74) is 1.32. The minimum Gasteiger partial charge on any atom is -0.356 e. The van der Waals surface area contributed by atoms with Crippen molar-refractivity contribution >= 4 is 17.3 Å². The molecule has 2 fully saturated rings. The molecule has 2 atom stereocenters. The molecule has 2 unspecified atom stereocenters. The Morgan fingerprint density at radius 1 is 1.40 bits per heavy atom. The van der Waals surface area contributed by atoms with Gasteiger partial charge in [0, 0.05) is 55.5 Å². The molecule has 25 heavy (non-hydrogen) atoms. The van der Waals surface area contributed by atoms with Gasteiger partial charge in [-0.2, -0.15) is 0 Å². The first-order chi connectivity index (χ1) is 11.9. The molecule has 140 valence electrons. The summed E-state index contributed by atoms with van der Waals surface area (Å²) in [6.45, 7) is 11.0. The number of aromatic nitrogens is 1. The molecule has 2 N–H and O–H groups in total. The fraction of sp³-hybridized carbons (Fsp3) is 0.789. The van der Waals surface area contributed by atoms with Gasteiger partial charge in [-0.3, -0.25) is 9.89 Å². The number of aliphatic imine (C=N–C) groups is 1. The van der Waals surface area contributed by atoms with Gasteiger partial charge in [-0.1, -0.05) is 20.8 Å². The molecule has 1 saturated heterocycles. The van der Waals surface area contributed by atoms with Crippen LogP contribution in [0.5, 0.6) is 0 Å². The Kier molecular flexibility index (Phi) is 5.68. The fourth-order valence-electron chi connectivity index (χ4n) is 3.52. The first-order valence-electron chi connectivity index (χ1n) is 9.54. The number of likely N-dealkylation sites (tertiary alicyclic amines) is 1. The van der Waals surface area contributed by atoms with Crippen molar-refractivity contribution in [3.05, 3.63) is 16.1 Å². The van der Waals surface area contributed by atoms with Crippen LogP contribution in [-0.4, -0.2) is 54.1 Å². The average Bonchev–Trinajstić information content (AvgIpc) is 3.15. The van der Waals surface area contributed by atoms with Crippen LogP contribution in [0.2, 0.25) is 0 Å². The predicted molar refractivity (Wildman–Crippen MR) is 107 cm³/mol. The molecule has 2 heterocycles. The number of hydrogen-bond acceptors (Lipinski definition) is 4. The molecule has 0 amide bonds. The molecule has 0 bridgehead atoms. The van der Waals surface area contributed by atoms with E-state index in [4.69, 9.17) is 4.98 Å². The van der Waals surface area contributed by atoms with Gasteiger partial charge < -0.3 is 10.6 Å². The minimum atomic E-state index is 0.131. The lowest BCUT2D eigenvalue weighted by atomic mass is 9.93. The lowest BCUT2D eigenvalue weighted by Gasteiger charge is -2.20. The standard InChI is InChI=1S/C19H33N5S/c1-13-10-14(11-24(13)15-6-7-15)22-18(20-5)21-9-8-17-23-16(12-25-17)19(2,3)4/h12-15H,6-11H2,1-5H3,(H2,20,21,22). The highest BCUT2D eigenvalue weighted by molar-refractivity contribution is 7.09. The number of guanidine groups is 1. The number of nitrogens with zero attached hydrogens (tertiary/aromatic N) is 3. The molecule has 0 radical (unpaired) electrons. The molecule has 6 heteroatoms. The predicted octanol–water partition coefficient (Wildman–Crippen LogP) is 2.77. The summed E-state index contributed by atoms with van der Waals surface area (Å²) in [6.07, 6.45) is 4.91. The lowest BCUT2D eigenvalue weighted by molar-refractivity contribution is 0.256. The van der Waals surface area contributed by atoms with E-state index in [-0.39, 0.29) is 5.41 Å².